The minimum atomic E-state index is -0.214. The van der Waals surface area contributed by atoms with Crippen molar-refractivity contribution in [3.8, 4) is 5.75 Å². The normalized spacial score (nSPS) is 16.5. The highest BCUT2D eigenvalue weighted by Gasteiger charge is 2.54. The lowest BCUT2D eigenvalue weighted by Crippen LogP contribution is -2.68. The number of nitrogens with zero attached hydrogens (tertiary/aromatic N) is 3. The average Bonchev–Trinajstić information content (AvgIpc) is 2.73. The Morgan fingerprint density at radius 3 is 2.65 bits per heavy atom. The van der Waals surface area contributed by atoms with Crippen LogP contribution in [0, 0.1) is 12.0 Å². The van der Waals surface area contributed by atoms with E-state index in [9.17, 15) is 9.59 Å². The van der Waals surface area contributed by atoms with Crippen LogP contribution in [0.3, 0.4) is 0 Å². The molecule has 160 valence electrons. The molecule has 2 aromatic rings. The molecule has 1 aliphatic carbocycles. The number of aromatic nitrogens is 1. The smallest absolute Gasteiger partial charge is 0.324 e. The molecular weight excluding hydrogens is 396 g/mol. The van der Waals surface area contributed by atoms with Crippen LogP contribution >= 0.6 is 0 Å². The molecule has 1 spiro atoms. The highest BCUT2D eigenvalue weighted by Crippen LogP contribution is 2.48. The zero-order chi connectivity index (χ0) is 21.8. The van der Waals surface area contributed by atoms with Gasteiger partial charge in [-0.3, -0.25) is 5.32 Å². The molecule has 9 heteroatoms. The van der Waals surface area contributed by atoms with Crippen molar-refractivity contribution < 1.29 is 14.3 Å². The summed E-state index contributed by atoms with van der Waals surface area (Å²) in [7, 11) is 1.62. The molecular formula is C22H24N6O3. The van der Waals surface area contributed by atoms with Crippen molar-refractivity contribution in [2.45, 2.75) is 25.4 Å². The summed E-state index contributed by atoms with van der Waals surface area (Å²) in [5, 5.41) is 8.60. The van der Waals surface area contributed by atoms with E-state index >= 15 is 0 Å². The van der Waals surface area contributed by atoms with Gasteiger partial charge in [-0.05, 0) is 36.6 Å². The van der Waals surface area contributed by atoms with Crippen molar-refractivity contribution in [2.24, 2.45) is 5.41 Å². The van der Waals surface area contributed by atoms with E-state index in [1.165, 1.54) is 0 Å². The second-order valence-corrected chi connectivity index (χ2v) is 8.06. The number of ether oxygens (including phenoxy) is 1. The number of rotatable bonds is 5. The van der Waals surface area contributed by atoms with E-state index in [0.717, 1.165) is 24.2 Å². The van der Waals surface area contributed by atoms with Gasteiger partial charge in [0.25, 0.3) is 5.82 Å². The highest BCUT2D eigenvalue weighted by molar-refractivity contribution is 5.89. The fraction of sp³-hybridized carbons (Fsp3) is 0.364. The SMILES string of the molecule is [C-]#[N+]c1cccc(NC(=O)N2CC3(CC(NC(=O)NCc4ccc(OC)cc4)C3)C2)n1. The Bertz CT molecular complexity index is 1000. The zero-order valence-electron chi connectivity index (χ0n) is 17.2. The fourth-order valence-corrected chi connectivity index (χ4v) is 4.16. The first-order valence-electron chi connectivity index (χ1n) is 10.1. The number of pyridine rings is 1. The maximum Gasteiger partial charge on any atom is 0.324 e. The second kappa shape index (κ2) is 8.52. The topological polar surface area (TPSA) is 100.0 Å². The predicted molar refractivity (Wildman–Crippen MR) is 115 cm³/mol. The number of carbonyl (C=O) groups is 2. The number of benzene rings is 1. The third kappa shape index (κ3) is 4.69. The number of amides is 4. The van der Waals surface area contributed by atoms with Gasteiger partial charge in [0.1, 0.15) is 5.75 Å². The Labute approximate surface area is 180 Å². The Kier molecular flexibility index (Phi) is 5.62. The molecule has 2 fully saturated rings. The molecule has 9 nitrogen and oxygen atoms in total. The second-order valence-electron chi connectivity index (χ2n) is 8.06. The highest BCUT2D eigenvalue weighted by atomic mass is 16.5. The van der Waals surface area contributed by atoms with Crippen molar-refractivity contribution in [2.75, 3.05) is 25.5 Å². The molecule has 2 aliphatic rings. The molecule has 0 unspecified atom stereocenters. The predicted octanol–water partition coefficient (Wildman–Crippen LogP) is 3.14. The van der Waals surface area contributed by atoms with Crippen LogP contribution in [0.25, 0.3) is 4.85 Å². The molecule has 31 heavy (non-hydrogen) atoms. The molecule has 0 radical (unpaired) electrons. The van der Waals surface area contributed by atoms with Gasteiger partial charge in [0.15, 0.2) is 0 Å². The van der Waals surface area contributed by atoms with Gasteiger partial charge in [0, 0.05) is 37.2 Å². The summed E-state index contributed by atoms with van der Waals surface area (Å²) < 4.78 is 5.12. The summed E-state index contributed by atoms with van der Waals surface area (Å²) in [6, 6.07) is 12.2. The molecule has 1 saturated carbocycles. The first kappa shape index (κ1) is 20.5. The van der Waals surface area contributed by atoms with Crippen LogP contribution in [0.5, 0.6) is 5.75 Å². The maximum atomic E-state index is 12.4. The van der Waals surface area contributed by atoms with Gasteiger partial charge in [-0.1, -0.05) is 24.8 Å². The van der Waals surface area contributed by atoms with Gasteiger partial charge in [-0.15, -0.1) is 4.98 Å². The third-order valence-corrected chi connectivity index (χ3v) is 5.73. The molecule has 1 aliphatic heterocycles. The standard InChI is InChI=1S/C22H24N6O3/c1-23-18-4-3-5-19(26-18)27-21(30)28-13-22(14-28)10-16(11-22)25-20(29)24-12-15-6-8-17(31-2)9-7-15/h3-9,16H,10-14H2,2H3,(H2,24,25,29)(H,26,27,30). The van der Waals surface area contributed by atoms with E-state index in [0.29, 0.717) is 25.5 Å². The Morgan fingerprint density at radius 2 is 1.97 bits per heavy atom. The van der Waals surface area contributed by atoms with E-state index in [1.54, 1.807) is 30.2 Å². The lowest BCUT2D eigenvalue weighted by Gasteiger charge is -2.58. The van der Waals surface area contributed by atoms with Gasteiger partial charge in [0.2, 0.25) is 5.82 Å². The molecule has 0 atom stereocenters. The largest absolute Gasteiger partial charge is 0.497 e. The minimum absolute atomic E-state index is 0.0943. The van der Waals surface area contributed by atoms with Crippen LogP contribution in [0.1, 0.15) is 18.4 Å². The summed E-state index contributed by atoms with van der Waals surface area (Å²) in [6.07, 6.45) is 1.72. The number of carbonyl (C=O) groups excluding carboxylic acids is 2. The molecule has 2 heterocycles. The monoisotopic (exact) mass is 420 g/mol. The van der Waals surface area contributed by atoms with Crippen molar-refractivity contribution >= 4 is 23.7 Å². The quantitative estimate of drug-likeness (QED) is 0.647. The maximum absolute atomic E-state index is 12.4. The molecule has 1 aromatic heterocycles. The summed E-state index contributed by atoms with van der Waals surface area (Å²) in [4.78, 5) is 33.5. The minimum Gasteiger partial charge on any atom is -0.497 e. The van der Waals surface area contributed by atoms with Crippen LogP contribution in [-0.4, -0.2) is 48.2 Å². The Morgan fingerprint density at radius 1 is 1.23 bits per heavy atom. The number of urea groups is 2. The van der Waals surface area contributed by atoms with E-state index in [1.807, 2.05) is 24.3 Å². The fourth-order valence-electron chi connectivity index (χ4n) is 4.16. The van der Waals surface area contributed by atoms with Crippen molar-refractivity contribution in [3.05, 3.63) is 59.4 Å². The lowest BCUT2D eigenvalue weighted by atomic mass is 9.61. The average molecular weight is 420 g/mol. The molecule has 4 rings (SSSR count). The molecule has 0 bridgehead atoms. The third-order valence-electron chi connectivity index (χ3n) is 5.73. The number of nitrogens with one attached hydrogen (secondary N) is 3. The van der Waals surface area contributed by atoms with E-state index in [2.05, 4.69) is 25.8 Å². The van der Waals surface area contributed by atoms with Gasteiger partial charge in [-0.25, -0.2) is 9.59 Å². The van der Waals surface area contributed by atoms with E-state index in [-0.39, 0.29) is 29.3 Å². The van der Waals surface area contributed by atoms with Crippen molar-refractivity contribution in [3.63, 3.8) is 0 Å². The van der Waals surface area contributed by atoms with E-state index in [4.69, 9.17) is 11.3 Å². The zero-order valence-corrected chi connectivity index (χ0v) is 17.2. The Hall–Kier alpha value is -3.80. The summed E-state index contributed by atoms with van der Waals surface area (Å²) >= 11 is 0. The van der Waals surface area contributed by atoms with Crippen LogP contribution in [0.15, 0.2) is 42.5 Å². The van der Waals surface area contributed by atoms with Crippen molar-refractivity contribution in [1.29, 1.82) is 0 Å². The van der Waals surface area contributed by atoms with E-state index < -0.39 is 0 Å². The van der Waals surface area contributed by atoms with Crippen LogP contribution in [0.4, 0.5) is 21.2 Å². The van der Waals surface area contributed by atoms with Crippen molar-refractivity contribution in [1.82, 2.24) is 20.5 Å². The number of methoxy groups -OCH3 is 1. The molecule has 1 aromatic carbocycles. The molecule has 1 saturated heterocycles. The number of anilines is 1. The van der Waals surface area contributed by atoms with Gasteiger partial charge in [-0.2, -0.15) is 0 Å². The molecule has 4 amide bonds. The number of hydrogen-bond donors (Lipinski definition) is 3. The first-order chi connectivity index (χ1) is 15.0. The number of hydrogen-bond acceptors (Lipinski definition) is 4. The van der Waals surface area contributed by atoms with Gasteiger partial charge < -0.3 is 25.1 Å². The van der Waals surface area contributed by atoms with Gasteiger partial charge >= 0.3 is 12.1 Å². The molecule has 3 N–H and O–H groups in total. The summed E-state index contributed by atoms with van der Waals surface area (Å²) in [5.41, 5.74) is 1.09. The summed E-state index contributed by atoms with van der Waals surface area (Å²) in [5.74, 6) is 1.40. The van der Waals surface area contributed by atoms with Gasteiger partial charge in [0.05, 0.1) is 7.11 Å². The first-order valence-corrected chi connectivity index (χ1v) is 10.1. The van der Waals surface area contributed by atoms with Crippen LogP contribution in [-0.2, 0) is 6.54 Å². The lowest BCUT2D eigenvalue weighted by molar-refractivity contribution is -0.0481. The number of likely N-dealkylation sites (tertiary alicyclic amines) is 1. The van der Waals surface area contributed by atoms with Crippen LogP contribution < -0.4 is 20.7 Å². The summed E-state index contributed by atoms with van der Waals surface area (Å²) in [6.45, 7) is 8.76. The Balaban J connectivity index is 1.15. The van der Waals surface area contributed by atoms with Crippen LogP contribution in [0.2, 0.25) is 0 Å².